The fourth-order valence-electron chi connectivity index (χ4n) is 4.12. The summed E-state index contributed by atoms with van der Waals surface area (Å²) in [5.74, 6) is 0.144. The maximum atomic E-state index is 13.0. The van der Waals surface area contributed by atoms with Gasteiger partial charge in [0.15, 0.2) is 0 Å². The first-order valence-corrected chi connectivity index (χ1v) is 7.93. The topological polar surface area (TPSA) is 49.8 Å². The predicted molar refractivity (Wildman–Crippen MR) is 77.3 cm³/mol. The van der Waals surface area contributed by atoms with Crippen molar-refractivity contribution in [1.29, 1.82) is 0 Å². The van der Waals surface area contributed by atoms with Gasteiger partial charge in [-0.2, -0.15) is 0 Å². The normalized spacial score (nSPS) is 39.0. The largest absolute Gasteiger partial charge is 0.393 e. The maximum absolute atomic E-state index is 13.0. The van der Waals surface area contributed by atoms with Crippen molar-refractivity contribution >= 4 is 5.91 Å². The van der Waals surface area contributed by atoms with Crippen molar-refractivity contribution in [2.24, 2.45) is 0 Å². The zero-order valence-corrected chi connectivity index (χ0v) is 12.1. The van der Waals surface area contributed by atoms with Crippen molar-refractivity contribution in [2.45, 2.75) is 62.5 Å². The zero-order valence-electron chi connectivity index (χ0n) is 12.1. The minimum absolute atomic E-state index is 0.0713. The molecule has 1 saturated carbocycles. The number of rotatable bonds is 1. The molecule has 1 aromatic rings. The molecule has 1 aliphatic carbocycles. The van der Waals surface area contributed by atoms with Crippen LogP contribution < -0.4 is 0 Å². The van der Waals surface area contributed by atoms with Crippen molar-refractivity contribution < 1.29 is 14.6 Å². The lowest BCUT2D eigenvalue weighted by atomic mass is 9.82. The quantitative estimate of drug-likeness (QED) is 0.862. The van der Waals surface area contributed by atoms with Gasteiger partial charge in [0.05, 0.1) is 12.1 Å². The molecule has 3 fully saturated rings. The van der Waals surface area contributed by atoms with Crippen LogP contribution in [0.2, 0.25) is 0 Å². The number of benzene rings is 1. The summed E-state index contributed by atoms with van der Waals surface area (Å²) >= 11 is 0. The molecule has 21 heavy (non-hydrogen) atoms. The second kappa shape index (κ2) is 4.82. The predicted octanol–water partition coefficient (Wildman–Crippen LogP) is 2.38. The molecule has 0 radical (unpaired) electrons. The Morgan fingerprint density at radius 1 is 1.10 bits per heavy atom. The van der Waals surface area contributed by atoms with Crippen LogP contribution in [0, 0.1) is 0 Å². The van der Waals surface area contributed by atoms with Gasteiger partial charge in [0.1, 0.15) is 11.8 Å². The van der Waals surface area contributed by atoms with Crippen LogP contribution in [0.3, 0.4) is 0 Å². The molecule has 0 unspecified atom stereocenters. The lowest BCUT2D eigenvalue weighted by Gasteiger charge is -2.33. The van der Waals surface area contributed by atoms with Gasteiger partial charge < -0.3 is 14.7 Å². The van der Waals surface area contributed by atoms with E-state index in [1.807, 2.05) is 23.1 Å². The van der Waals surface area contributed by atoms with E-state index in [2.05, 4.69) is 12.1 Å². The molecule has 0 bridgehead atoms. The van der Waals surface area contributed by atoms with E-state index >= 15 is 0 Å². The Bertz CT molecular complexity index is 536. The number of nitrogens with zero attached hydrogens (tertiary/aromatic N) is 1. The van der Waals surface area contributed by atoms with E-state index < -0.39 is 5.60 Å². The van der Waals surface area contributed by atoms with Crippen LogP contribution in [0.15, 0.2) is 30.3 Å². The third-order valence-electron chi connectivity index (χ3n) is 5.27. The number of aliphatic hydroxyl groups is 1. The van der Waals surface area contributed by atoms with Gasteiger partial charge in [0, 0.05) is 0 Å². The Labute approximate surface area is 124 Å². The fraction of sp³-hybridized carbons (Fsp3) is 0.588. The summed E-state index contributed by atoms with van der Waals surface area (Å²) < 4.78 is 6.19. The van der Waals surface area contributed by atoms with Crippen LogP contribution in [-0.2, 0) is 9.53 Å². The van der Waals surface area contributed by atoms with Crippen LogP contribution >= 0.6 is 0 Å². The molecule has 2 saturated heterocycles. The van der Waals surface area contributed by atoms with Gasteiger partial charge in [-0.25, -0.2) is 0 Å². The van der Waals surface area contributed by atoms with Gasteiger partial charge >= 0.3 is 0 Å². The molecule has 0 aromatic heterocycles. The molecule has 1 aromatic carbocycles. The Balaban J connectivity index is 1.60. The molecule has 2 aliphatic heterocycles. The smallest absolute Gasteiger partial charge is 0.257 e. The van der Waals surface area contributed by atoms with Crippen molar-refractivity contribution in [1.82, 2.24) is 4.90 Å². The van der Waals surface area contributed by atoms with E-state index in [1.54, 1.807) is 0 Å². The SMILES string of the molecule is O=C1N2[C@@H](CC[C@H]2c2ccccc2)OC12CCC(O)CC2. The summed E-state index contributed by atoms with van der Waals surface area (Å²) in [6.45, 7) is 0. The molecule has 1 amide bonds. The molecule has 4 nitrogen and oxygen atoms in total. The molecule has 4 heteroatoms. The molecule has 112 valence electrons. The van der Waals surface area contributed by atoms with Gasteiger partial charge in [0.25, 0.3) is 5.91 Å². The Kier molecular flexibility index (Phi) is 3.05. The zero-order chi connectivity index (χ0) is 14.4. The lowest BCUT2D eigenvalue weighted by molar-refractivity contribution is -0.143. The minimum Gasteiger partial charge on any atom is -0.393 e. The van der Waals surface area contributed by atoms with E-state index in [1.165, 1.54) is 5.56 Å². The molecule has 2 heterocycles. The van der Waals surface area contributed by atoms with E-state index in [0.29, 0.717) is 25.7 Å². The van der Waals surface area contributed by atoms with E-state index in [-0.39, 0.29) is 24.3 Å². The Morgan fingerprint density at radius 2 is 1.81 bits per heavy atom. The van der Waals surface area contributed by atoms with E-state index in [9.17, 15) is 9.90 Å². The number of carbonyl (C=O) groups excluding carboxylic acids is 1. The molecule has 1 spiro atoms. The highest BCUT2D eigenvalue weighted by Gasteiger charge is 2.57. The first-order chi connectivity index (χ1) is 10.2. The second-order valence-electron chi connectivity index (χ2n) is 6.51. The molecule has 2 atom stereocenters. The first kappa shape index (κ1) is 13.3. The third kappa shape index (κ3) is 2.00. The minimum atomic E-state index is -0.655. The van der Waals surface area contributed by atoms with Gasteiger partial charge in [-0.15, -0.1) is 0 Å². The highest BCUT2D eigenvalue weighted by Crippen LogP contribution is 2.48. The second-order valence-corrected chi connectivity index (χ2v) is 6.51. The maximum Gasteiger partial charge on any atom is 0.257 e. The summed E-state index contributed by atoms with van der Waals surface area (Å²) in [6.07, 6.45) is 4.19. The lowest BCUT2D eigenvalue weighted by Crippen LogP contribution is -2.45. The Hall–Kier alpha value is -1.39. The summed E-state index contributed by atoms with van der Waals surface area (Å²) in [7, 11) is 0. The number of carbonyl (C=O) groups is 1. The van der Waals surface area contributed by atoms with Crippen LogP contribution in [0.4, 0.5) is 0 Å². The van der Waals surface area contributed by atoms with Gasteiger partial charge in [-0.05, 0) is 44.1 Å². The van der Waals surface area contributed by atoms with E-state index in [4.69, 9.17) is 4.74 Å². The number of hydrogen-bond acceptors (Lipinski definition) is 3. The summed E-state index contributed by atoms with van der Waals surface area (Å²) in [4.78, 5) is 14.9. The summed E-state index contributed by atoms with van der Waals surface area (Å²) in [6, 6.07) is 10.4. The van der Waals surface area contributed by atoms with Gasteiger partial charge in [-0.3, -0.25) is 4.79 Å². The number of ether oxygens (including phenoxy) is 1. The van der Waals surface area contributed by atoms with Crippen molar-refractivity contribution in [3.05, 3.63) is 35.9 Å². The fourth-order valence-corrected chi connectivity index (χ4v) is 4.12. The van der Waals surface area contributed by atoms with Crippen LogP contribution in [0.5, 0.6) is 0 Å². The standard InChI is InChI=1S/C17H21NO3/c19-13-8-10-17(11-9-13)16(20)18-14(6-7-15(18)21-17)12-4-2-1-3-5-12/h1-5,13-15,19H,6-11H2/t13?,14-,15+,17?/m0/s1. The average Bonchev–Trinajstić information content (AvgIpc) is 3.03. The first-order valence-electron chi connectivity index (χ1n) is 7.93. The summed E-state index contributed by atoms with van der Waals surface area (Å²) in [5, 5.41) is 9.69. The van der Waals surface area contributed by atoms with Crippen LogP contribution in [-0.4, -0.2) is 33.8 Å². The van der Waals surface area contributed by atoms with Crippen molar-refractivity contribution in [3.8, 4) is 0 Å². The van der Waals surface area contributed by atoms with E-state index in [0.717, 1.165) is 12.8 Å². The van der Waals surface area contributed by atoms with Gasteiger partial charge in [0.2, 0.25) is 0 Å². The number of fused-ring (bicyclic) bond motifs is 1. The van der Waals surface area contributed by atoms with Gasteiger partial charge in [-0.1, -0.05) is 30.3 Å². The highest BCUT2D eigenvalue weighted by molar-refractivity contribution is 5.88. The number of aliphatic hydroxyl groups excluding tert-OH is 1. The number of amides is 1. The van der Waals surface area contributed by atoms with Crippen molar-refractivity contribution in [2.75, 3.05) is 0 Å². The Morgan fingerprint density at radius 3 is 2.52 bits per heavy atom. The van der Waals surface area contributed by atoms with Crippen LogP contribution in [0.1, 0.15) is 50.1 Å². The molecule has 4 rings (SSSR count). The third-order valence-corrected chi connectivity index (χ3v) is 5.27. The molecule has 1 N–H and O–H groups in total. The highest BCUT2D eigenvalue weighted by atomic mass is 16.6. The molecule has 3 aliphatic rings. The van der Waals surface area contributed by atoms with Crippen LogP contribution in [0.25, 0.3) is 0 Å². The molecular weight excluding hydrogens is 266 g/mol. The number of hydrogen-bond donors (Lipinski definition) is 1. The summed E-state index contributed by atoms with van der Waals surface area (Å²) in [5.41, 5.74) is 0.544. The molecular formula is C17H21NO3. The van der Waals surface area contributed by atoms with Crippen molar-refractivity contribution in [3.63, 3.8) is 0 Å². The monoisotopic (exact) mass is 287 g/mol. The average molecular weight is 287 g/mol.